The maximum Gasteiger partial charge on any atom is 0.255 e. The number of amides is 1. The van der Waals surface area contributed by atoms with Crippen LogP contribution in [0.15, 0.2) is 12.1 Å². The van der Waals surface area contributed by atoms with E-state index in [2.05, 4.69) is 33.2 Å². The van der Waals surface area contributed by atoms with E-state index in [1.165, 1.54) is 7.11 Å². The Balaban J connectivity index is 2.75. The Morgan fingerprint density at radius 3 is 2.78 bits per heavy atom. The Kier molecular flexibility index (Phi) is 6.73. The molecule has 1 aromatic carbocycles. The van der Waals surface area contributed by atoms with E-state index in [0.717, 1.165) is 16.5 Å². The highest BCUT2D eigenvalue weighted by Crippen LogP contribution is 2.28. The topological polar surface area (TPSA) is 50.4 Å². The number of ether oxygens (including phenoxy) is 1. The van der Waals surface area contributed by atoms with Crippen LogP contribution in [-0.2, 0) is 0 Å². The van der Waals surface area contributed by atoms with Gasteiger partial charge >= 0.3 is 0 Å². The third-order valence-corrected chi connectivity index (χ3v) is 3.90. The van der Waals surface area contributed by atoms with Gasteiger partial charge in [-0.25, -0.2) is 0 Å². The van der Waals surface area contributed by atoms with Gasteiger partial charge in [0.05, 0.1) is 17.7 Å². The van der Waals surface area contributed by atoms with E-state index >= 15 is 0 Å². The lowest BCUT2D eigenvalue weighted by Crippen LogP contribution is -2.27. The van der Waals surface area contributed by atoms with Crippen LogP contribution in [0.1, 0.15) is 16.8 Å². The van der Waals surface area contributed by atoms with Crippen molar-refractivity contribution in [1.82, 2.24) is 10.6 Å². The lowest BCUT2D eigenvalue weighted by molar-refractivity contribution is 0.0950. The van der Waals surface area contributed by atoms with Crippen molar-refractivity contribution in [2.45, 2.75) is 6.42 Å². The van der Waals surface area contributed by atoms with Crippen LogP contribution in [0.25, 0.3) is 0 Å². The number of methoxy groups -OCH3 is 1. The minimum Gasteiger partial charge on any atom is -0.496 e. The van der Waals surface area contributed by atoms with Crippen LogP contribution < -0.4 is 15.4 Å². The van der Waals surface area contributed by atoms with Gasteiger partial charge in [-0.05, 0) is 54.7 Å². The monoisotopic (exact) mass is 382 g/mol. The number of nitrogens with one attached hydrogen (secondary N) is 2. The Bertz CT molecular complexity index is 427. The molecule has 0 fully saturated rings. The second-order valence-electron chi connectivity index (χ2n) is 3.68. The number of halogens is 2. The van der Waals surface area contributed by atoms with Crippen LogP contribution in [0, 0.1) is 3.57 Å². The van der Waals surface area contributed by atoms with Crippen molar-refractivity contribution in [3.63, 3.8) is 0 Å². The zero-order valence-corrected chi connectivity index (χ0v) is 13.3. The minimum atomic E-state index is -0.166. The average Bonchev–Trinajstić information content (AvgIpc) is 2.37. The summed E-state index contributed by atoms with van der Waals surface area (Å²) in [7, 11) is 3.42. The van der Waals surface area contributed by atoms with Gasteiger partial charge in [-0.2, -0.15) is 0 Å². The number of rotatable bonds is 6. The smallest absolute Gasteiger partial charge is 0.255 e. The molecule has 0 aliphatic rings. The summed E-state index contributed by atoms with van der Waals surface area (Å²) >= 11 is 8.12. The molecule has 0 aromatic heterocycles. The molecule has 0 bridgehead atoms. The maximum absolute atomic E-state index is 12.0. The summed E-state index contributed by atoms with van der Waals surface area (Å²) in [5.74, 6) is 0.371. The highest BCUT2D eigenvalue weighted by molar-refractivity contribution is 14.1. The van der Waals surface area contributed by atoms with Crippen LogP contribution in [0.5, 0.6) is 5.75 Å². The number of carbonyl (C=O) groups excluding carboxylic acids is 1. The summed E-state index contributed by atoms with van der Waals surface area (Å²) < 4.78 is 6.05. The fourth-order valence-corrected chi connectivity index (χ4v) is 2.04. The van der Waals surface area contributed by atoms with Gasteiger partial charge in [-0.15, -0.1) is 0 Å². The third kappa shape index (κ3) is 4.29. The van der Waals surface area contributed by atoms with Gasteiger partial charge in [0.15, 0.2) is 0 Å². The first kappa shape index (κ1) is 15.5. The molecule has 0 unspecified atom stereocenters. The van der Waals surface area contributed by atoms with Crippen molar-refractivity contribution in [1.29, 1.82) is 0 Å². The third-order valence-electron chi connectivity index (χ3n) is 2.38. The van der Waals surface area contributed by atoms with E-state index in [4.69, 9.17) is 16.3 Å². The normalized spacial score (nSPS) is 10.2. The van der Waals surface area contributed by atoms with Gasteiger partial charge in [-0.1, -0.05) is 11.6 Å². The molecule has 4 nitrogen and oxygen atoms in total. The molecule has 0 saturated heterocycles. The van der Waals surface area contributed by atoms with E-state index in [1.807, 2.05) is 7.05 Å². The predicted molar refractivity (Wildman–Crippen MR) is 81.6 cm³/mol. The van der Waals surface area contributed by atoms with Crippen molar-refractivity contribution in [2.24, 2.45) is 0 Å². The SMILES string of the molecule is CNCCCNC(=O)c1cc(Cl)c(I)cc1OC. The summed E-state index contributed by atoms with van der Waals surface area (Å²) in [6, 6.07) is 3.39. The van der Waals surface area contributed by atoms with Crippen molar-refractivity contribution >= 4 is 40.1 Å². The van der Waals surface area contributed by atoms with Gasteiger partial charge < -0.3 is 15.4 Å². The molecule has 0 heterocycles. The molecule has 1 amide bonds. The van der Waals surface area contributed by atoms with Crippen LogP contribution in [-0.4, -0.2) is 33.2 Å². The average molecular weight is 383 g/mol. The molecule has 1 aromatic rings. The fraction of sp³-hybridized carbons (Fsp3) is 0.417. The summed E-state index contributed by atoms with van der Waals surface area (Å²) in [5, 5.41) is 6.41. The van der Waals surface area contributed by atoms with Gasteiger partial charge in [0.25, 0.3) is 5.91 Å². The van der Waals surface area contributed by atoms with Gasteiger partial charge in [0, 0.05) is 10.1 Å². The molecule has 0 atom stereocenters. The Hall–Kier alpha value is -0.530. The first-order valence-electron chi connectivity index (χ1n) is 5.56. The maximum atomic E-state index is 12.0. The number of hydrogen-bond acceptors (Lipinski definition) is 3. The summed E-state index contributed by atoms with van der Waals surface area (Å²) in [5.41, 5.74) is 0.465. The lowest BCUT2D eigenvalue weighted by atomic mass is 10.2. The minimum absolute atomic E-state index is 0.166. The Morgan fingerprint density at radius 1 is 1.44 bits per heavy atom. The summed E-state index contributed by atoms with van der Waals surface area (Å²) in [6.07, 6.45) is 0.878. The van der Waals surface area contributed by atoms with E-state index in [9.17, 15) is 4.79 Å². The molecule has 0 radical (unpaired) electrons. The lowest BCUT2D eigenvalue weighted by Gasteiger charge is -2.10. The van der Waals surface area contributed by atoms with E-state index in [0.29, 0.717) is 22.9 Å². The fourth-order valence-electron chi connectivity index (χ4n) is 1.44. The predicted octanol–water partition coefficient (Wildman–Crippen LogP) is 2.29. The number of benzene rings is 1. The number of carbonyl (C=O) groups is 1. The van der Waals surface area contributed by atoms with Crippen molar-refractivity contribution in [2.75, 3.05) is 27.2 Å². The zero-order chi connectivity index (χ0) is 13.5. The molecular weight excluding hydrogens is 367 g/mol. The van der Waals surface area contributed by atoms with Crippen molar-refractivity contribution in [3.05, 3.63) is 26.3 Å². The molecule has 100 valence electrons. The molecule has 0 spiro atoms. The number of hydrogen-bond donors (Lipinski definition) is 2. The van der Waals surface area contributed by atoms with E-state index in [-0.39, 0.29) is 5.91 Å². The highest BCUT2D eigenvalue weighted by Gasteiger charge is 2.14. The highest BCUT2D eigenvalue weighted by atomic mass is 127. The van der Waals surface area contributed by atoms with Crippen LogP contribution in [0.3, 0.4) is 0 Å². The van der Waals surface area contributed by atoms with Gasteiger partial charge in [0.2, 0.25) is 0 Å². The molecule has 2 N–H and O–H groups in total. The molecule has 0 aliphatic carbocycles. The van der Waals surface area contributed by atoms with Gasteiger partial charge in [-0.3, -0.25) is 4.79 Å². The Labute approximate surface area is 126 Å². The second kappa shape index (κ2) is 7.81. The van der Waals surface area contributed by atoms with Crippen LogP contribution in [0.2, 0.25) is 5.02 Å². The van der Waals surface area contributed by atoms with Gasteiger partial charge in [0.1, 0.15) is 5.75 Å². The zero-order valence-electron chi connectivity index (χ0n) is 10.3. The Morgan fingerprint density at radius 2 is 2.17 bits per heavy atom. The first-order chi connectivity index (χ1) is 8.60. The summed E-state index contributed by atoms with van der Waals surface area (Å²) in [6.45, 7) is 1.48. The molecule has 1 rings (SSSR count). The van der Waals surface area contributed by atoms with Crippen molar-refractivity contribution < 1.29 is 9.53 Å². The first-order valence-corrected chi connectivity index (χ1v) is 7.01. The summed E-state index contributed by atoms with van der Waals surface area (Å²) in [4.78, 5) is 12.0. The molecule has 6 heteroatoms. The second-order valence-corrected chi connectivity index (χ2v) is 5.25. The van der Waals surface area contributed by atoms with Crippen LogP contribution in [0.4, 0.5) is 0 Å². The molecular formula is C12H16ClIN2O2. The van der Waals surface area contributed by atoms with E-state index in [1.54, 1.807) is 12.1 Å². The van der Waals surface area contributed by atoms with E-state index < -0.39 is 0 Å². The van der Waals surface area contributed by atoms with Crippen LogP contribution >= 0.6 is 34.2 Å². The quantitative estimate of drug-likeness (QED) is 0.586. The molecule has 0 aliphatic heterocycles. The molecule has 0 saturated carbocycles. The standard InChI is InChI=1S/C12H16ClIN2O2/c1-15-4-3-5-16-12(17)8-6-9(13)10(14)7-11(8)18-2/h6-7,15H,3-5H2,1-2H3,(H,16,17). The largest absolute Gasteiger partial charge is 0.496 e. The molecule has 18 heavy (non-hydrogen) atoms. The van der Waals surface area contributed by atoms with Crippen molar-refractivity contribution in [3.8, 4) is 5.75 Å².